The first-order valence-electron chi connectivity index (χ1n) is 13.6. The number of urea groups is 1. The third-order valence-corrected chi connectivity index (χ3v) is 7.04. The molecule has 0 spiro atoms. The maximum atomic E-state index is 14.9. The van der Waals surface area contributed by atoms with Gasteiger partial charge in [-0.2, -0.15) is 0 Å². The molecule has 218 valence electrons. The number of halogens is 1. The maximum Gasteiger partial charge on any atom is 0.428 e. The molecule has 0 bridgehead atoms. The summed E-state index contributed by atoms with van der Waals surface area (Å²) in [6.07, 6.45) is 3.66. The van der Waals surface area contributed by atoms with Crippen LogP contribution in [0.25, 0.3) is 27.9 Å². The normalized spacial score (nSPS) is 16.4. The number of carbonyl (C=O) groups is 2. The van der Waals surface area contributed by atoms with Gasteiger partial charge in [-0.1, -0.05) is 6.08 Å². The zero-order valence-electron chi connectivity index (χ0n) is 24.2. The highest BCUT2D eigenvalue weighted by atomic mass is 19.1. The lowest BCUT2D eigenvalue weighted by Gasteiger charge is -2.41. The van der Waals surface area contributed by atoms with Crippen molar-refractivity contribution in [2.75, 3.05) is 45.6 Å². The second-order valence-electron chi connectivity index (χ2n) is 11.6. The summed E-state index contributed by atoms with van der Waals surface area (Å²) in [6, 6.07) is 4.40. The highest BCUT2D eigenvalue weighted by molar-refractivity contribution is 5.97. The minimum absolute atomic E-state index is 0.0163. The number of benzene rings is 1. The largest absolute Gasteiger partial charge is 0.428 e. The van der Waals surface area contributed by atoms with E-state index in [1.54, 1.807) is 24.1 Å². The number of hydrogen-bond donors (Lipinski definition) is 2. The number of hydroxylamine groups is 2. The van der Waals surface area contributed by atoms with Gasteiger partial charge >= 0.3 is 12.1 Å². The molecule has 4 heterocycles. The Balaban J connectivity index is 1.35. The average molecular weight is 566 g/mol. The zero-order chi connectivity index (χ0) is 29.5. The van der Waals surface area contributed by atoms with Gasteiger partial charge in [-0.3, -0.25) is 0 Å². The van der Waals surface area contributed by atoms with E-state index in [1.807, 2.05) is 39.8 Å². The Kier molecular flexibility index (Phi) is 7.71. The number of nitrogens with one attached hydrogen (secondary N) is 2. The summed E-state index contributed by atoms with van der Waals surface area (Å²) in [5, 5.41) is 5.22. The van der Waals surface area contributed by atoms with Crippen molar-refractivity contribution in [3.8, 4) is 11.3 Å². The van der Waals surface area contributed by atoms with E-state index in [2.05, 4.69) is 20.3 Å². The van der Waals surface area contributed by atoms with Crippen LogP contribution in [0.3, 0.4) is 0 Å². The molecule has 3 aromatic rings. The number of ether oxygens (including phenoxy) is 1. The van der Waals surface area contributed by atoms with Gasteiger partial charge in [0, 0.05) is 43.0 Å². The van der Waals surface area contributed by atoms with E-state index in [0.29, 0.717) is 60.8 Å². The van der Waals surface area contributed by atoms with Crippen LogP contribution in [0, 0.1) is 12.7 Å². The van der Waals surface area contributed by atoms with Crippen LogP contribution < -0.4 is 5.32 Å². The Labute approximate surface area is 238 Å². The van der Waals surface area contributed by atoms with Gasteiger partial charge in [0.15, 0.2) is 0 Å². The Morgan fingerprint density at radius 2 is 1.93 bits per heavy atom. The van der Waals surface area contributed by atoms with Gasteiger partial charge in [-0.25, -0.2) is 23.9 Å². The fourth-order valence-electron chi connectivity index (χ4n) is 4.93. The van der Waals surface area contributed by atoms with Gasteiger partial charge in [0.2, 0.25) is 0 Å². The maximum absolute atomic E-state index is 14.9. The number of carbonyl (C=O) groups excluding carboxylic acids is 2. The van der Waals surface area contributed by atoms with E-state index in [0.717, 1.165) is 16.7 Å². The number of aromatic nitrogens is 3. The predicted molar refractivity (Wildman–Crippen MR) is 154 cm³/mol. The second-order valence-corrected chi connectivity index (χ2v) is 11.6. The molecular weight excluding hydrogens is 529 g/mol. The monoisotopic (exact) mass is 565 g/mol. The molecule has 1 fully saturated rings. The van der Waals surface area contributed by atoms with E-state index >= 15 is 0 Å². The van der Waals surface area contributed by atoms with Crippen LogP contribution in [0.5, 0.6) is 0 Å². The van der Waals surface area contributed by atoms with E-state index in [4.69, 9.17) is 9.57 Å². The van der Waals surface area contributed by atoms with Gasteiger partial charge < -0.3 is 29.7 Å². The number of fused-ring (bicyclic) bond motifs is 1. The number of hydrogen-bond acceptors (Lipinski definition) is 7. The third kappa shape index (κ3) is 6.33. The molecule has 1 aromatic carbocycles. The van der Waals surface area contributed by atoms with Crippen molar-refractivity contribution in [1.29, 1.82) is 0 Å². The van der Waals surface area contributed by atoms with Crippen molar-refractivity contribution < 1.29 is 23.6 Å². The summed E-state index contributed by atoms with van der Waals surface area (Å²) in [6.45, 7) is 9.74. The topological polar surface area (TPSA) is 116 Å². The molecule has 2 aliphatic heterocycles. The van der Waals surface area contributed by atoms with Crippen molar-refractivity contribution >= 4 is 34.4 Å². The highest BCUT2D eigenvalue weighted by Crippen LogP contribution is 2.35. The molecule has 0 radical (unpaired) electrons. The minimum atomic E-state index is -0.483. The summed E-state index contributed by atoms with van der Waals surface area (Å²) >= 11 is 0. The average Bonchev–Trinajstić information content (AvgIpc) is 3.32. The Hall–Kier alpha value is -4.03. The molecule has 0 saturated carbocycles. The smallest absolute Gasteiger partial charge is 0.369 e. The first-order valence-corrected chi connectivity index (χ1v) is 13.6. The van der Waals surface area contributed by atoms with Crippen molar-refractivity contribution in [3.05, 3.63) is 47.7 Å². The lowest BCUT2D eigenvalue weighted by atomic mass is 10.0. The minimum Gasteiger partial charge on any atom is -0.369 e. The summed E-state index contributed by atoms with van der Waals surface area (Å²) in [7, 11) is 3.28. The molecule has 2 N–H and O–H groups in total. The van der Waals surface area contributed by atoms with Crippen LogP contribution in [-0.2, 0) is 9.57 Å². The van der Waals surface area contributed by atoms with Gasteiger partial charge in [0.05, 0.1) is 37.0 Å². The fraction of sp³-hybridized carbons (Fsp3) is 0.448. The van der Waals surface area contributed by atoms with Crippen LogP contribution >= 0.6 is 0 Å². The first kappa shape index (κ1) is 28.5. The first-order chi connectivity index (χ1) is 19.4. The van der Waals surface area contributed by atoms with E-state index in [1.165, 1.54) is 23.4 Å². The molecule has 11 nitrogen and oxygen atoms in total. The molecule has 0 aliphatic carbocycles. The Morgan fingerprint density at radius 1 is 1.17 bits per heavy atom. The lowest BCUT2D eigenvalue weighted by molar-refractivity contribution is -0.110. The van der Waals surface area contributed by atoms with E-state index in [-0.39, 0.29) is 17.7 Å². The number of anilines is 1. The molecule has 41 heavy (non-hydrogen) atoms. The number of nitrogens with zero attached hydrogens (tertiary/aromatic N) is 5. The van der Waals surface area contributed by atoms with E-state index in [9.17, 15) is 14.0 Å². The SMILES string of the molecule is Cc1c(NC(=O)N2CC(OC(C)(C)C)C2)cc(F)cc1-c1ncnc2[nH]c(C3=CCN(OC(=O)N(C)C)CC3)cc12. The number of amides is 3. The summed E-state index contributed by atoms with van der Waals surface area (Å²) in [5.74, 6) is -0.483. The molecule has 3 amide bonds. The number of aromatic amines is 1. The van der Waals surface area contributed by atoms with Crippen molar-refractivity contribution in [3.63, 3.8) is 0 Å². The highest BCUT2D eigenvalue weighted by Gasteiger charge is 2.34. The van der Waals surface area contributed by atoms with Crippen LogP contribution in [0.2, 0.25) is 0 Å². The summed E-state index contributed by atoms with van der Waals surface area (Å²) < 4.78 is 20.8. The van der Waals surface area contributed by atoms with Crippen LogP contribution in [-0.4, -0.2) is 93.9 Å². The van der Waals surface area contributed by atoms with Crippen LogP contribution in [0.4, 0.5) is 19.7 Å². The lowest BCUT2D eigenvalue weighted by Crippen LogP contribution is -2.57. The molecule has 0 atom stereocenters. The third-order valence-electron chi connectivity index (χ3n) is 7.04. The molecule has 1 saturated heterocycles. The number of H-pyrrole nitrogens is 1. The second kappa shape index (κ2) is 11.1. The van der Waals surface area contributed by atoms with Gasteiger partial charge in [-0.15, -0.1) is 5.06 Å². The van der Waals surface area contributed by atoms with Crippen molar-refractivity contribution in [1.82, 2.24) is 29.8 Å². The van der Waals surface area contributed by atoms with Crippen molar-refractivity contribution in [2.45, 2.75) is 45.8 Å². The Bertz CT molecular complexity index is 1500. The zero-order valence-corrected chi connectivity index (χ0v) is 24.2. The number of likely N-dealkylation sites (tertiary alicyclic amines) is 1. The standard InChI is InChI=1S/C29H36FN7O4/c1-17-21(11-19(30)12-23(17)34-27(38)36-14-20(15-36)40-29(2,3)4)25-22-13-24(33-26(22)32-16-31-25)18-7-9-37(10-8-18)41-28(39)35(5)6/h7,11-13,16,20H,8-10,14-15H2,1-6H3,(H,34,38)(H,31,32,33). The quantitative estimate of drug-likeness (QED) is 0.456. The van der Waals surface area contributed by atoms with E-state index < -0.39 is 11.9 Å². The van der Waals surface area contributed by atoms with Crippen LogP contribution in [0.1, 0.15) is 38.4 Å². The molecular formula is C29H36FN7O4. The summed E-state index contributed by atoms with van der Waals surface area (Å²) in [5.41, 5.74) is 4.46. The van der Waals surface area contributed by atoms with Gasteiger partial charge in [0.1, 0.15) is 17.8 Å². The van der Waals surface area contributed by atoms with Crippen molar-refractivity contribution in [2.24, 2.45) is 0 Å². The van der Waals surface area contributed by atoms with Gasteiger partial charge in [0.25, 0.3) is 0 Å². The predicted octanol–water partition coefficient (Wildman–Crippen LogP) is 4.81. The molecule has 5 rings (SSSR count). The Morgan fingerprint density at radius 3 is 2.59 bits per heavy atom. The number of rotatable bonds is 5. The summed E-state index contributed by atoms with van der Waals surface area (Å²) in [4.78, 5) is 45.4. The fourth-order valence-corrected chi connectivity index (χ4v) is 4.93. The molecule has 12 heteroatoms. The molecule has 0 unspecified atom stereocenters. The molecule has 2 aliphatic rings. The molecule has 2 aromatic heterocycles. The van der Waals surface area contributed by atoms with Gasteiger partial charge in [-0.05, 0) is 63.5 Å². The van der Waals surface area contributed by atoms with Crippen LogP contribution in [0.15, 0.2) is 30.6 Å².